The van der Waals surface area contributed by atoms with E-state index in [-0.39, 0.29) is 24.6 Å². The lowest BCUT2D eigenvalue weighted by Gasteiger charge is -2.36. The number of aryl methyl sites for hydroxylation is 3. The number of aromatic nitrogens is 3. The fraction of sp³-hybridized carbons (Fsp3) is 0.480. The monoisotopic (exact) mass is 449 g/mol. The SMILES string of the molecule is C[C@H]1CCc2c(ccc3c2nc(CCn2ccccc2=O)n3CC(=O)NCC2(O)CCC2)N1. The second-order valence-corrected chi connectivity index (χ2v) is 9.49. The van der Waals surface area contributed by atoms with Gasteiger partial charge in [0.1, 0.15) is 12.4 Å². The van der Waals surface area contributed by atoms with Crippen LogP contribution in [0.5, 0.6) is 0 Å². The normalized spacial score (nSPS) is 18.9. The number of fused-ring (bicyclic) bond motifs is 3. The molecule has 8 nitrogen and oxygen atoms in total. The lowest BCUT2D eigenvalue weighted by molar-refractivity contribution is -0.124. The van der Waals surface area contributed by atoms with Crippen molar-refractivity contribution in [2.45, 2.75) is 70.2 Å². The summed E-state index contributed by atoms with van der Waals surface area (Å²) in [5.41, 5.74) is 3.33. The second-order valence-electron chi connectivity index (χ2n) is 9.49. The van der Waals surface area contributed by atoms with Crippen LogP contribution in [0.25, 0.3) is 11.0 Å². The summed E-state index contributed by atoms with van der Waals surface area (Å²) in [5, 5.41) is 16.8. The van der Waals surface area contributed by atoms with Gasteiger partial charge in [-0.2, -0.15) is 0 Å². The van der Waals surface area contributed by atoms with Crippen LogP contribution >= 0.6 is 0 Å². The van der Waals surface area contributed by atoms with Crippen LogP contribution in [0.4, 0.5) is 5.69 Å². The number of amides is 1. The predicted molar refractivity (Wildman–Crippen MR) is 127 cm³/mol. The van der Waals surface area contributed by atoms with Crippen LogP contribution in [0, 0.1) is 0 Å². The third-order valence-corrected chi connectivity index (χ3v) is 7.01. The lowest BCUT2D eigenvalue weighted by Crippen LogP contribution is -2.48. The van der Waals surface area contributed by atoms with Crippen molar-refractivity contribution in [2.75, 3.05) is 11.9 Å². The van der Waals surface area contributed by atoms with Gasteiger partial charge >= 0.3 is 0 Å². The molecule has 0 bridgehead atoms. The number of hydrogen-bond donors (Lipinski definition) is 3. The van der Waals surface area contributed by atoms with Crippen molar-refractivity contribution in [3.8, 4) is 0 Å². The van der Waals surface area contributed by atoms with Gasteiger partial charge in [0.2, 0.25) is 5.91 Å². The molecule has 5 rings (SSSR count). The van der Waals surface area contributed by atoms with E-state index in [9.17, 15) is 14.7 Å². The number of nitrogens with one attached hydrogen (secondary N) is 2. The number of hydrogen-bond acceptors (Lipinski definition) is 5. The second kappa shape index (κ2) is 8.67. The Bertz CT molecular complexity index is 1240. The molecule has 1 saturated carbocycles. The molecule has 1 fully saturated rings. The molecule has 0 saturated heterocycles. The summed E-state index contributed by atoms with van der Waals surface area (Å²) in [4.78, 5) is 29.9. The number of rotatable bonds is 7. The molecule has 8 heteroatoms. The van der Waals surface area contributed by atoms with E-state index in [1.165, 1.54) is 5.56 Å². The van der Waals surface area contributed by atoms with Gasteiger partial charge in [-0.15, -0.1) is 0 Å². The number of imidazole rings is 1. The van der Waals surface area contributed by atoms with Crippen molar-refractivity contribution >= 4 is 22.6 Å². The van der Waals surface area contributed by atoms with Crippen LogP contribution < -0.4 is 16.2 Å². The fourth-order valence-corrected chi connectivity index (χ4v) is 4.84. The van der Waals surface area contributed by atoms with Gasteiger partial charge in [-0.3, -0.25) is 9.59 Å². The van der Waals surface area contributed by atoms with E-state index in [0.717, 1.165) is 54.6 Å². The van der Waals surface area contributed by atoms with Crippen LogP contribution in [0.2, 0.25) is 0 Å². The van der Waals surface area contributed by atoms with E-state index in [4.69, 9.17) is 4.98 Å². The fourth-order valence-electron chi connectivity index (χ4n) is 4.84. The van der Waals surface area contributed by atoms with Gasteiger partial charge in [0, 0.05) is 49.1 Å². The van der Waals surface area contributed by atoms with Gasteiger partial charge < -0.3 is 24.9 Å². The molecule has 3 N–H and O–H groups in total. The highest BCUT2D eigenvalue weighted by Gasteiger charge is 2.34. The number of pyridine rings is 1. The van der Waals surface area contributed by atoms with Crippen molar-refractivity contribution in [1.29, 1.82) is 0 Å². The summed E-state index contributed by atoms with van der Waals surface area (Å²) in [6.45, 7) is 3.08. The number of benzene rings is 1. The molecule has 1 atom stereocenters. The van der Waals surface area contributed by atoms with Crippen molar-refractivity contribution in [2.24, 2.45) is 0 Å². The first-order valence-corrected chi connectivity index (χ1v) is 11.8. The molecule has 3 aromatic rings. The first kappa shape index (κ1) is 21.7. The quantitative estimate of drug-likeness (QED) is 0.514. The summed E-state index contributed by atoms with van der Waals surface area (Å²) in [6.07, 6.45) is 6.75. The lowest BCUT2D eigenvalue weighted by atomic mass is 9.80. The average Bonchev–Trinajstić information content (AvgIpc) is 3.13. The minimum Gasteiger partial charge on any atom is -0.388 e. The van der Waals surface area contributed by atoms with E-state index in [1.807, 2.05) is 16.7 Å². The summed E-state index contributed by atoms with van der Waals surface area (Å²) >= 11 is 0. The summed E-state index contributed by atoms with van der Waals surface area (Å²) in [5.74, 6) is 0.641. The summed E-state index contributed by atoms with van der Waals surface area (Å²) in [6, 6.07) is 9.64. The molecule has 1 amide bonds. The molecule has 2 aliphatic rings. The third-order valence-electron chi connectivity index (χ3n) is 7.01. The van der Waals surface area contributed by atoms with E-state index in [0.29, 0.717) is 19.0 Å². The van der Waals surface area contributed by atoms with Gasteiger partial charge in [-0.05, 0) is 57.2 Å². The maximum Gasteiger partial charge on any atom is 0.250 e. The molecule has 0 unspecified atom stereocenters. The Labute approximate surface area is 192 Å². The molecule has 1 aliphatic carbocycles. The number of aliphatic hydroxyl groups is 1. The smallest absolute Gasteiger partial charge is 0.250 e. The van der Waals surface area contributed by atoms with Crippen LogP contribution in [-0.4, -0.2) is 43.3 Å². The van der Waals surface area contributed by atoms with E-state index in [2.05, 4.69) is 23.6 Å². The van der Waals surface area contributed by atoms with E-state index in [1.54, 1.807) is 22.9 Å². The number of carbonyl (C=O) groups is 1. The maximum absolute atomic E-state index is 12.8. The van der Waals surface area contributed by atoms with Crippen LogP contribution in [0.1, 0.15) is 44.0 Å². The molecule has 3 heterocycles. The minimum absolute atomic E-state index is 0.0535. The molecule has 1 aliphatic heterocycles. The highest BCUT2D eigenvalue weighted by atomic mass is 16.3. The Morgan fingerprint density at radius 1 is 1.30 bits per heavy atom. The average molecular weight is 450 g/mol. The highest BCUT2D eigenvalue weighted by Crippen LogP contribution is 2.33. The third kappa shape index (κ3) is 4.39. The van der Waals surface area contributed by atoms with Gasteiger partial charge in [-0.1, -0.05) is 6.07 Å². The Hall–Kier alpha value is -3.13. The Morgan fingerprint density at radius 3 is 2.91 bits per heavy atom. The largest absolute Gasteiger partial charge is 0.388 e. The van der Waals surface area contributed by atoms with Gasteiger partial charge in [0.15, 0.2) is 0 Å². The van der Waals surface area contributed by atoms with Crippen LogP contribution in [-0.2, 0) is 30.7 Å². The standard InChI is InChI=1S/C25H31N5O3/c1-17-6-7-18-19(27-17)8-9-20-24(18)28-21(10-14-29-13-3-2-5-23(29)32)30(20)15-22(31)26-16-25(33)11-4-12-25/h2-3,5,8-9,13,17,27,33H,4,6-7,10-12,14-16H2,1H3,(H,26,31)/t17-/m0/s1. The van der Waals surface area contributed by atoms with Crippen LogP contribution in [0.15, 0.2) is 41.3 Å². The first-order valence-electron chi connectivity index (χ1n) is 11.8. The van der Waals surface area contributed by atoms with Crippen molar-refractivity contribution < 1.29 is 9.90 Å². The maximum atomic E-state index is 12.8. The molecular weight excluding hydrogens is 418 g/mol. The van der Waals surface area contributed by atoms with Crippen LogP contribution in [0.3, 0.4) is 0 Å². The minimum atomic E-state index is -0.759. The predicted octanol–water partition coefficient (Wildman–Crippen LogP) is 2.22. The number of anilines is 1. The molecule has 33 heavy (non-hydrogen) atoms. The number of carbonyl (C=O) groups excluding carboxylic acids is 1. The van der Waals surface area contributed by atoms with Crippen molar-refractivity contribution in [3.05, 3.63) is 58.3 Å². The Balaban J connectivity index is 1.44. The summed E-state index contributed by atoms with van der Waals surface area (Å²) < 4.78 is 3.62. The van der Waals surface area contributed by atoms with Gasteiger partial charge in [0.05, 0.1) is 16.6 Å². The Kier molecular flexibility index (Phi) is 5.70. The van der Waals surface area contributed by atoms with E-state index < -0.39 is 5.60 Å². The zero-order chi connectivity index (χ0) is 23.0. The highest BCUT2D eigenvalue weighted by molar-refractivity contribution is 5.87. The topological polar surface area (TPSA) is 101 Å². The van der Waals surface area contributed by atoms with Gasteiger partial charge in [-0.25, -0.2) is 4.98 Å². The van der Waals surface area contributed by atoms with E-state index >= 15 is 0 Å². The molecule has 1 aromatic carbocycles. The van der Waals surface area contributed by atoms with Crippen molar-refractivity contribution in [3.63, 3.8) is 0 Å². The zero-order valence-electron chi connectivity index (χ0n) is 19.0. The summed E-state index contributed by atoms with van der Waals surface area (Å²) in [7, 11) is 0. The first-order chi connectivity index (χ1) is 15.9. The zero-order valence-corrected chi connectivity index (χ0v) is 19.0. The van der Waals surface area contributed by atoms with Gasteiger partial charge in [0.25, 0.3) is 5.56 Å². The molecular formula is C25H31N5O3. The van der Waals surface area contributed by atoms with Crippen molar-refractivity contribution in [1.82, 2.24) is 19.4 Å². The molecule has 0 spiro atoms. The number of nitrogens with zero attached hydrogens (tertiary/aromatic N) is 3. The molecule has 2 aromatic heterocycles. The molecule has 0 radical (unpaired) electrons. The Morgan fingerprint density at radius 2 is 2.15 bits per heavy atom. The molecule has 174 valence electrons.